The molecule has 0 saturated carbocycles. The first-order valence-electron chi connectivity index (χ1n) is 7.08. The van der Waals surface area contributed by atoms with Gasteiger partial charge >= 0.3 is 6.16 Å². The average molecular weight is 341 g/mol. The van der Waals surface area contributed by atoms with Gasteiger partial charge in [0.2, 0.25) is 5.91 Å². The fraction of sp³-hybridized carbons (Fsp3) is 0.400. The summed E-state index contributed by atoms with van der Waals surface area (Å²) in [6.07, 6.45) is -0.882. The number of rotatable bonds is 12. The number of hydrogen-bond donors (Lipinski definition) is 1. The third kappa shape index (κ3) is 8.71. The van der Waals surface area contributed by atoms with E-state index in [0.717, 1.165) is 0 Å². The predicted octanol–water partition coefficient (Wildman–Crippen LogP) is 0.507. The molecule has 1 rings (SSSR count). The molecule has 9 nitrogen and oxygen atoms in total. The second-order valence-corrected chi connectivity index (χ2v) is 4.28. The normalized spacial score (nSPS) is 10.0. The van der Waals surface area contributed by atoms with Crippen LogP contribution in [0.2, 0.25) is 0 Å². The van der Waals surface area contributed by atoms with Crippen molar-refractivity contribution in [3.63, 3.8) is 0 Å². The lowest BCUT2D eigenvalue weighted by atomic mass is 10.2. The van der Waals surface area contributed by atoms with Gasteiger partial charge in [-0.15, -0.1) is 0 Å². The molecule has 24 heavy (non-hydrogen) atoms. The summed E-state index contributed by atoms with van der Waals surface area (Å²) in [6, 6.07) is 5.75. The summed E-state index contributed by atoms with van der Waals surface area (Å²) in [4.78, 5) is 32.2. The SMILES string of the molecule is NC(=O)c1ccc(OC(=O)OCCOCCOCCOC=O)cc1. The van der Waals surface area contributed by atoms with Crippen LogP contribution in [0.4, 0.5) is 4.79 Å². The van der Waals surface area contributed by atoms with Gasteiger partial charge in [-0.25, -0.2) is 4.79 Å². The smallest absolute Gasteiger partial charge is 0.465 e. The van der Waals surface area contributed by atoms with Crippen molar-refractivity contribution in [1.82, 2.24) is 0 Å². The van der Waals surface area contributed by atoms with Crippen LogP contribution in [0.1, 0.15) is 10.4 Å². The molecule has 0 fully saturated rings. The van der Waals surface area contributed by atoms with Gasteiger partial charge < -0.3 is 29.4 Å². The molecular formula is C15H19NO8. The number of amides is 1. The van der Waals surface area contributed by atoms with Crippen LogP contribution < -0.4 is 10.5 Å². The van der Waals surface area contributed by atoms with E-state index in [-0.39, 0.29) is 25.6 Å². The monoisotopic (exact) mass is 341 g/mol. The third-order valence-corrected chi connectivity index (χ3v) is 2.57. The van der Waals surface area contributed by atoms with Crippen LogP contribution in [0, 0.1) is 0 Å². The zero-order valence-electron chi connectivity index (χ0n) is 13.0. The van der Waals surface area contributed by atoms with Crippen LogP contribution >= 0.6 is 0 Å². The van der Waals surface area contributed by atoms with Crippen molar-refractivity contribution in [3.8, 4) is 5.75 Å². The summed E-state index contributed by atoms with van der Waals surface area (Å²) in [5, 5.41) is 0. The Balaban J connectivity index is 2.03. The Labute approximate surface area is 138 Å². The largest absolute Gasteiger partial charge is 0.513 e. The number of ether oxygens (including phenoxy) is 5. The van der Waals surface area contributed by atoms with Gasteiger partial charge in [0.25, 0.3) is 6.47 Å². The fourth-order valence-corrected chi connectivity index (χ4v) is 1.47. The van der Waals surface area contributed by atoms with Crippen LogP contribution in [0.15, 0.2) is 24.3 Å². The molecule has 0 atom stereocenters. The Bertz CT molecular complexity index is 517. The summed E-state index contributed by atoms with van der Waals surface area (Å²) in [5.41, 5.74) is 5.41. The second kappa shape index (κ2) is 11.9. The molecule has 9 heteroatoms. The van der Waals surface area contributed by atoms with Crippen molar-refractivity contribution in [3.05, 3.63) is 29.8 Å². The van der Waals surface area contributed by atoms with Crippen molar-refractivity contribution in [2.24, 2.45) is 5.73 Å². The third-order valence-electron chi connectivity index (χ3n) is 2.57. The Hall–Kier alpha value is -2.65. The first kappa shape index (κ1) is 19.4. The van der Waals surface area contributed by atoms with Crippen LogP contribution in [0.5, 0.6) is 5.75 Å². The summed E-state index contributed by atoms with van der Waals surface area (Å²) in [7, 11) is 0. The molecule has 0 aliphatic heterocycles. The molecule has 0 heterocycles. The first-order chi connectivity index (χ1) is 11.6. The maximum absolute atomic E-state index is 11.4. The highest BCUT2D eigenvalue weighted by molar-refractivity contribution is 5.92. The molecule has 1 aromatic carbocycles. The van der Waals surface area contributed by atoms with E-state index >= 15 is 0 Å². The highest BCUT2D eigenvalue weighted by Crippen LogP contribution is 2.12. The van der Waals surface area contributed by atoms with Crippen LogP contribution in [-0.2, 0) is 23.7 Å². The molecule has 132 valence electrons. The first-order valence-corrected chi connectivity index (χ1v) is 7.08. The molecule has 0 radical (unpaired) electrons. The zero-order chi connectivity index (χ0) is 17.6. The molecule has 1 amide bonds. The number of benzene rings is 1. The van der Waals surface area contributed by atoms with E-state index in [0.29, 0.717) is 31.9 Å². The summed E-state index contributed by atoms with van der Waals surface area (Å²) >= 11 is 0. The Morgan fingerprint density at radius 2 is 1.50 bits per heavy atom. The lowest BCUT2D eigenvalue weighted by Crippen LogP contribution is -2.16. The van der Waals surface area contributed by atoms with Crippen molar-refractivity contribution in [1.29, 1.82) is 0 Å². The van der Waals surface area contributed by atoms with E-state index in [4.69, 9.17) is 24.7 Å². The van der Waals surface area contributed by atoms with Gasteiger partial charge in [0.05, 0.1) is 26.4 Å². The molecule has 0 aliphatic rings. The lowest BCUT2D eigenvalue weighted by molar-refractivity contribution is -0.130. The van der Waals surface area contributed by atoms with E-state index in [9.17, 15) is 14.4 Å². The number of carbonyl (C=O) groups is 3. The van der Waals surface area contributed by atoms with Gasteiger partial charge in [0.1, 0.15) is 19.0 Å². The maximum Gasteiger partial charge on any atom is 0.513 e. The van der Waals surface area contributed by atoms with E-state index in [1.165, 1.54) is 24.3 Å². The van der Waals surface area contributed by atoms with Crippen LogP contribution in [-0.4, -0.2) is 58.2 Å². The summed E-state index contributed by atoms with van der Waals surface area (Å²) in [5.74, 6) is -0.335. The average Bonchev–Trinajstić information content (AvgIpc) is 2.57. The van der Waals surface area contributed by atoms with Crippen molar-refractivity contribution < 1.29 is 38.1 Å². The molecule has 0 spiro atoms. The van der Waals surface area contributed by atoms with Crippen molar-refractivity contribution >= 4 is 18.5 Å². The van der Waals surface area contributed by atoms with E-state index in [1.54, 1.807) is 0 Å². The minimum Gasteiger partial charge on any atom is -0.465 e. The highest BCUT2D eigenvalue weighted by Gasteiger charge is 2.07. The molecule has 0 aliphatic carbocycles. The highest BCUT2D eigenvalue weighted by atomic mass is 16.7. The van der Waals surface area contributed by atoms with Crippen LogP contribution in [0.3, 0.4) is 0 Å². The van der Waals surface area contributed by atoms with Gasteiger partial charge in [0.15, 0.2) is 0 Å². The minimum absolute atomic E-state index is 0.0203. The van der Waals surface area contributed by atoms with Gasteiger partial charge in [-0.1, -0.05) is 0 Å². The topological polar surface area (TPSA) is 123 Å². The Morgan fingerprint density at radius 3 is 2.08 bits per heavy atom. The molecule has 1 aromatic rings. The van der Waals surface area contributed by atoms with E-state index in [2.05, 4.69) is 4.74 Å². The van der Waals surface area contributed by atoms with Crippen LogP contribution in [0.25, 0.3) is 0 Å². The number of carbonyl (C=O) groups excluding carboxylic acids is 3. The van der Waals surface area contributed by atoms with Gasteiger partial charge in [0, 0.05) is 5.56 Å². The lowest BCUT2D eigenvalue weighted by Gasteiger charge is -2.07. The summed E-state index contributed by atoms with van der Waals surface area (Å²) in [6.45, 7) is 1.68. The van der Waals surface area contributed by atoms with Gasteiger partial charge in [-0.05, 0) is 24.3 Å². The van der Waals surface area contributed by atoms with Crippen molar-refractivity contribution in [2.45, 2.75) is 0 Å². The quantitative estimate of drug-likeness (QED) is 0.252. The molecule has 0 saturated heterocycles. The summed E-state index contributed by atoms with van der Waals surface area (Å²) < 4.78 is 24.4. The molecule has 0 bridgehead atoms. The molecule has 2 N–H and O–H groups in total. The van der Waals surface area contributed by atoms with E-state index in [1.807, 2.05) is 0 Å². The van der Waals surface area contributed by atoms with Gasteiger partial charge in [-0.2, -0.15) is 0 Å². The second-order valence-electron chi connectivity index (χ2n) is 4.28. The standard InChI is InChI=1S/C15H19NO8/c16-14(18)12-1-3-13(4-2-12)24-15(19)23-10-9-21-6-5-20-7-8-22-11-17/h1-4,11H,5-10H2,(H2,16,18). The fourth-order valence-electron chi connectivity index (χ4n) is 1.47. The Morgan fingerprint density at radius 1 is 0.917 bits per heavy atom. The predicted molar refractivity (Wildman–Crippen MR) is 80.6 cm³/mol. The number of nitrogens with two attached hydrogens (primary N) is 1. The Kier molecular flexibility index (Phi) is 9.58. The van der Waals surface area contributed by atoms with E-state index < -0.39 is 12.1 Å². The molecular weight excluding hydrogens is 322 g/mol. The minimum atomic E-state index is -0.882. The molecule has 0 unspecified atom stereocenters. The number of hydrogen-bond acceptors (Lipinski definition) is 8. The van der Waals surface area contributed by atoms with Crippen molar-refractivity contribution in [2.75, 3.05) is 39.6 Å². The van der Waals surface area contributed by atoms with Gasteiger partial charge in [-0.3, -0.25) is 9.59 Å². The molecule has 0 aromatic heterocycles. The maximum atomic E-state index is 11.4. The number of primary amides is 1. The zero-order valence-corrected chi connectivity index (χ0v) is 13.0.